The number of hydrogen-bond acceptors (Lipinski definition) is 7. The van der Waals surface area contributed by atoms with E-state index in [2.05, 4.69) is 41.9 Å². The van der Waals surface area contributed by atoms with E-state index in [4.69, 9.17) is 17.0 Å². The second-order valence-corrected chi connectivity index (χ2v) is 12.2. The van der Waals surface area contributed by atoms with Gasteiger partial charge in [0.2, 0.25) is 0 Å². The maximum absolute atomic E-state index is 12.8. The van der Waals surface area contributed by atoms with Gasteiger partial charge in [0.1, 0.15) is 17.9 Å². The monoisotopic (exact) mass is 586 g/mol. The number of aromatic nitrogens is 2. The summed E-state index contributed by atoms with van der Waals surface area (Å²) in [7, 11) is -2.02. The Hall–Kier alpha value is -4.22. The Labute approximate surface area is 245 Å². The second-order valence-electron chi connectivity index (χ2n) is 10.1. The third kappa shape index (κ3) is 5.55. The molecule has 0 radical (unpaired) electrons. The number of nitrogens with zero attached hydrogens (tertiary/aromatic N) is 4. The average Bonchev–Trinajstić information content (AvgIpc) is 3.36. The summed E-state index contributed by atoms with van der Waals surface area (Å²) in [5, 5.41) is 3.85. The highest BCUT2D eigenvalue weighted by molar-refractivity contribution is 7.92. The number of ether oxygens (including phenoxy) is 1. The van der Waals surface area contributed by atoms with Crippen molar-refractivity contribution in [1.82, 2.24) is 14.9 Å². The number of hydrogen-bond donors (Lipinski definition) is 2. The largest absolute Gasteiger partial charge is 0.497 e. The van der Waals surface area contributed by atoms with E-state index in [1.54, 1.807) is 49.8 Å². The van der Waals surface area contributed by atoms with Gasteiger partial charge in [-0.15, -0.1) is 0 Å². The van der Waals surface area contributed by atoms with Crippen LogP contribution in [0.5, 0.6) is 5.75 Å². The Kier molecular flexibility index (Phi) is 7.22. The van der Waals surface area contributed by atoms with Crippen LogP contribution >= 0.6 is 12.2 Å². The van der Waals surface area contributed by atoms with E-state index in [9.17, 15) is 8.42 Å². The number of thiocarbonyl (C=S) groups is 1. The predicted molar refractivity (Wildman–Crippen MR) is 165 cm³/mol. The van der Waals surface area contributed by atoms with Crippen LogP contribution in [0.1, 0.15) is 16.8 Å². The van der Waals surface area contributed by atoms with Gasteiger partial charge >= 0.3 is 0 Å². The lowest BCUT2D eigenvalue weighted by Crippen LogP contribution is -2.50. The van der Waals surface area contributed by atoms with Crippen molar-refractivity contribution in [2.45, 2.75) is 18.2 Å². The minimum absolute atomic E-state index is 0.181. The fourth-order valence-electron chi connectivity index (χ4n) is 5.21. The Morgan fingerprint density at radius 2 is 1.63 bits per heavy atom. The van der Waals surface area contributed by atoms with Crippen LogP contribution in [-0.4, -0.2) is 61.7 Å². The molecule has 11 heteroatoms. The molecule has 4 aromatic rings. The maximum Gasteiger partial charge on any atom is 0.261 e. The Bertz CT molecular complexity index is 1700. The smallest absolute Gasteiger partial charge is 0.261 e. The van der Waals surface area contributed by atoms with Crippen molar-refractivity contribution in [1.29, 1.82) is 0 Å². The van der Waals surface area contributed by atoms with Gasteiger partial charge < -0.3 is 19.9 Å². The third-order valence-corrected chi connectivity index (χ3v) is 9.19. The quantitative estimate of drug-likeness (QED) is 0.275. The summed E-state index contributed by atoms with van der Waals surface area (Å²) in [6, 6.07) is 20.0. The van der Waals surface area contributed by atoms with Crippen molar-refractivity contribution >= 4 is 44.5 Å². The van der Waals surface area contributed by atoms with Crippen molar-refractivity contribution in [3.8, 4) is 16.9 Å². The van der Waals surface area contributed by atoms with E-state index in [1.165, 1.54) is 5.56 Å². The molecular formula is C30H30N6O3S2. The first kappa shape index (κ1) is 27.0. The van der Waals surface area contributed by atoms with Gasteiger partial charge in [0.05, 0.1) is 17.7 Å². The van der Waals surface area contributed by atoms with E-state index in [1.807, 2.05) is 25.1 Å². The molecule has 0 amide bonds. The summed E-state index contributed by atoms with van der Waals surface area (Å²) in [5.41, 5.74) is 6.82. The van der Waals surface area contributed by atoms with Crippen LogP contribution in [0, 0.1) is 6.92 Å². The Morgan fingerprint density at radius 1 is 0.927 bits per heavy atom. The average molecular weight is 587 g/mol. The van der Waals surface area contributed by atoms with Gasteiger partial charge in [0.25, 0.3) is 10.0 Å². The van der Waals surface area contributed by atoms with E-state index in [-0.39, 0.29) is 4.90 Å². The number of aryl methyl sites for hydroxylation is 1. The first-order valence-electron chi connectivity index (χ1n) is 13.3. The lowest BCUT2D eigenvalue weighted by Gasteiger charge is -2.37. The normalized spacial score (nSPS) is 14.3. The van der Waals surface area contributed by atoms with E-state index >= 15 is 0 Å². The molecular weight excluding hydrogens is 557 g/mol. The zero-order chi connectivity index (χ0) is 28.6. The van der Waals surface area contributed by atoms with Gasteiger partial charge in [-0.3, -0.25) is 4.72 Å². The molecule has 2 aliphatic rings. The molecule has 0 spiro atoms. The molecule has 3 aromatic carbocycles. The van der Waals surface area contributed by atoms with E-state index < -0.39 is 10.0 Å². The van der Waals surface area contributed by atoms with Crippen LogP contribution in [-0.2, 0) is 16.4 Å². The summed E-state index contributed by atoms with van der Waals surface area (Å²) in [6.45, 7) is 4.94. The molecule has 1 aliphatic heterocycles. The van der Waals surface area contributed by atoms with Crippen LogP contribution in [0.15, 0.2) is 78.0 Å². The number of methoxy groups -OCH3 is 1. The minimum atomic E-state index is -3.69. The van der Waals surface area contributed by atoms with Crippen LogP contribution in [0.3, 0.4) is 0 Å². The molecule has 210 valence electrons. The summed E-state index contributed by atoms with van der Waals surface area (Å²) >= 11 is 5.70. The lowest BCUT2D eigenvalue weighted by atomic mass is 10.1. The number of rotatable bonds is 6. The van der Waals surface area contributed by atoms with Gasteiger partial charge in [-0.25, -0.2) is 18.4 Å². The zero-order valence-electron chi connectivity index (χ0n) is 22.8. The highest BCUT2D eigenvalue weighted by atomic mass is 32.2. The molecule has 1 saturated heterocycles. The van der Waals surface area contributed by atoms with E-state index in [0.717, 1.165) is 72.2 Å². The van der Waals surface area contributed by atoms with Crippen molar-refractivity contribution in [2.75, 3.05) is 48.2 Å². The predicted octanol–water partition coefficient (Wildman–Crippen LogP) is 4.68. The summed E-state index contributed by atoms with van der Waals surface area (Å²) < 4.78 is 33.6. The molecule has 1 aliphatic carbocycles. The van der Waals surface area contributed by atoms with Gasteiger partial charge in [-0.05, 0) is 78.8 Å². The molecule has 0 unspecified atom stereocenters. The second kappa shape index (κ2) is 11.0. The first-order chi connectivity index (χ1) is 19.8. The molecule has 1 fully saturated rings. The molecule has 2 N–H and O–H groups in total. The number of nitrogens with one attached hydrogen (secondary N) is 2. The van der Waals surface area contributed by atoms with E-state index in [0.29, 0.717) is 10.8 Å². The van der Waals surface area contributed by atoms with Crippen molar-refractivity contribution in [3.05, 3.63) is 89.9 Å². The topological polar surface area (TPSA) is 99.7 Å². The lowest BCUT2D eigenvalue weighted by molar-refractivity contribution is 0.389. The molecule has 0 saturated carbocycles. The van der Waals surface area contributed by atoms with Crippen molar-refractivity contribution in [3.63, 3.8) is 0 Å². The summed E-state index contributed by atoms with van der Waals surface area (Å²) in [5.74, 6) is 1.80. The number of anilines is 3. The fourth-order valence-corrected chi connectivity index (χ4v) is 6.56. The van der Waals surface area contributed by atoms with Crippen LogP contribution in [0.4, 0.5) is 17.2 Å². The number of sulfonamides is 1. The van der Waals surface area contributed by atoms with Crippen LogP contribution in [0.25, 0.3) is 11.1 Å². The van der Waals surface area contributed by atoms with Gasteiger partial charge in [-0.2, -0.15) is 0 Å². The van der Waals surface area contributed by atoms with Crippen LogP contribution in [0.2, 0.25) is 0 Å². The first-order valence-corrected chi connectivity index (χ1v) is 15.2. The molecule has 6 rings (SSSR count). The number of benzene rings is 3. The molecule has 0 atom stereocenters. The fraction of sp³-hybridized carbons (Fsp3) is 0.233. The molecule has 0 bridgehead atoms. The molecule has 1 aromatic heterocycles. The molecule has 2 heterocycles. The summed E-state index contributed by atoms with van der Waals surface area (Å²) in [4.78, 5) is 13.8. The van der Waals surface area contributed by atoms with Gasteiger partial charge in [-0.1, -0.05) is 23.8 Å². The standard InChI is InChI=1S/C30H30N6O3S2/c1-20-3-5-23(6-4-20)34-41(37,38)25-10-7-22(8-11-25)33-30(40)36-15-13-35(14-16-36)29-28-26-12-9-24(39-2)17-21(26)18-27(28)31-19-32-29/h3-12,17,19,34H,13-16,18H2,1-2H3,(H,33,40). The third-order valence-electron chi connectivity index (χ3n) is 7.43. The van der Waals surface area contributed by atoms with Crippen LogP contribution < -0.4 is 19.7 Å². The molecule has 41 heavy (non-hydrogen) atoms. The highest BCUT2D eigenvalue weighted by Crippen LogP contribution is 2.42. The Balaban J connectivity index is 1.08. The maximum atomic E-state index is 12.8. The highest BCUT2D eigenvalue weighted by Gasteiger charge is 2.29. The SMILES string of the molecule is COc1ccc2c(c1)Cc1ncnc(N3CCN(C(=S)Nc4ccc(S(=O)(=O)Nc5ccc(C)cc5)cc4)CC3)c1-2. The number of piperazine rings is 1. The van der Waals surface area contributed by atoms with Gasteiger partial charge in [0.15, 0.2) is 5.11 Å². The zero-order valence-corrected chi connectivity index (χ0v) is 24.4. The minimum Gasteiger partial charge on any atom is -0.497 e. The Morgan fingerprint density at radius 3 is 2.34 bits per heavy atom. The van der Waals surface area contributed by atoms with Crippen molar-refractivity contribution < 1.29 is 13.2 Å². The van der Waals surface area contributed by atoms with Gasteiger partial charge in [0, 0.05) is 49.5 Å². The molecule has 9 nitrogen and oxygen atoms in total. The summed E-state index contributed by atoms with van der Waals surface area (Å²) in [6.07, 6.45) is 2.42. The van der Waals surface area contributed by atoms with Crippen molar-refractivity contribution in [2.24, 2.45) is 0 Å². The number of fused-ring (bicyclic) bond motifs is 3.